The first-order valence-corrected chi connectivity index (χ1v) is 7.03. The number of amides is 2. The van der Waals surface area contributed by atoms with Gasteiger partial charge in [-0.1, -0.05) is 0 Å². The number of carbonyl (C=O) groups is 2. The van der Waals surface area contributed by atoms with Gasteiger partial charge in [-0.3, -0.25) is 9.59 Å². The number of nitrogens with zero attached hydrogens (tertiary/aromatic N) is 2. The molecular formula is C14H24N2O3. The molecule has 2 aliphatic heterocycles. The lowest BCUT2D eigenvalue weighted by Gasteiger charge is -2.38. The van der Waals surface area contributed by atoms with Crippen LogP contribution in [0.1, 0.15) is 40.5 Å². The molecule has 0 aromatic carbocycles. The third-order valence-electron chi connectivity index (χ3n) is 4.22. The second-order valence-electron chi connectivity index (χ2n) is 6.21. The zero-order chi connectivity index (χ0) is 14.2. The predicted molar refractivity (Wildman–Crippen MR) is 71.3 cm³/mol. The molecular weight excluding hydrogens is 244 g/mol. The van der Waals surface area contributed by atoms with Crippen molar-refractivity contribution < 1.29 is 14.3 Å². The molecule has 0 spiro atoms. The standard InChI is InChI=1S/C14H24N2O3/c1-10(17)15-7-5-12(6-8-15)13(18)16-11(2)19-9-14(16,3)4/h11-12H,5-9H2,1-4H3. The number of hydrogen-bond donors (Lipinski definition) is 0. The van der Waals surface area contributed by atoms with E-state index in [1.807, 2.05) is 30.6 Å². The van der Waals surface area contributed by atoms with Crippen molar-refractivity contribution in [3.05, 3.63) is 0 Å². The summed E-state index contributed by atoms with van der Waals surface area (Å²) in [6.45, 7) is 9.56. The zero-order valence-corrected chi connectivity index (χ0v) is 12.3. The van der Waals surface area contributed by atoms with Gasteiger partial charge in [-0.2, -0.15) is 0 Å². The second-order valence-corrected chi connectivity index (χ2v) is 6.21. The van der Waals surface area contributed by atoms with E-state index in [2.05, 4.69) is 0 Å². The summed E-state index contributed by atoms with van der Waals surface area (Å²) in [6, 6.07) is 0. The van der Waals surface area contributed by atoms with Crippen LogP contribution in [0.25, 0.3) is 0 Å². The first-order chi connectivity index (χ1) is 8.83. The molecule has 1 atom stereocenters. The molecule has 0 bridgehead atoms. The summed E-state index contributed by atoms with van der Waals surface area (Å²) in [4.78, 5) is 27.6. The van der Waals surface area contributed by atoms with Crippen LogP contribution >= 0.6 is 0 Å². The molecule has 0 aliphatic carbocycles. The minimum Gasteiger partial charge on any atom is -0.356 e. The van der Waals surface area contributed by atoms with Crippen molar-refractivity contribution in [1.82, 2.24) is 9.80 Å². The summed E-state index contributed by atoms with van der Waals surface area (Å²) in [6.07, 6.45) is 1.38. The average Bonchev–Trinajstić information content (AvgIpc) is 2.63. The topological polar surface area (TPSA) is 49.9 Å². The molecule has 2 saturated heterocycles. The van der Waals surface area contributed by atoms with E-state index in [9.17, 15) is 9.59 Å². The van der Waals surface area contributed by atoms with Gasteiger partial charge in [-0.15, -0.1) is 0 Å². The van der Waals surface area contributed by atoms with Crippen molar-refractivity contribution in [1.29, 1.82) is 0 Å². The fourth-order valence-electron chi connectivity index (χ4n) is 3.08. The fraction of sp³-hybridized carbons (Fsp3) is 0.857. The Bertz CT molecular complexity index is 373. The maximum Gasteiger partial charge on any atom is 0.228 e. The molecule has 2 amide bonds. The molecule has 0 saturated carbocycles. The van der Waals surface area contributed by atoms with Crippen molar-refractivity contribution in [2.75, 3.05) is 19.7 Å². The molecule has 0 aromatic rings. The lowest BCUT2D eigenvalue weighted by Crippen LogP contribution is -2.51. The van der Waals surface area contributed by atoms with E-state index in [1.165, 1.54) is 0 Å². The van der Waals surface area contributed by atoms with Gasteiger partial charge in [0.2, 0.25) is 11.8 Å². The molecule has 108 valence electrons. The Morgan fingerprint density at radius 2 is 1.79 bits per heavy atom. The van der Waals surface area contributed by atoms with E-state index < -0.39 is 0 Å². The molecule has 5 heteroatoms. The summed E-state index contributed by atoms with van der Waals surface area (Å²) in [7, 11) is 0. The molecule has 19 heavy (non-hydrogen) atoms. The summed E-state index contributed by atoms with van der Waals surface area (Å²) in [5, 5.41) is 0. The number of hydrogen-bond acceptors (Lipinski definition) is 3. The lowest BCUT2D eigenvalue weighted by molar-refractivity contribution is -0.147. The van der Waals surface area contributed by atoms with E-state index in [-0.39, 0.29) is 29.5 Å². The van der Waals surface area contributed by atoms with Crippen molar-refractivity contribution in [2.45, 2.75) is 52.3 Å². The van der Waals surface area contributed by atoms with Crippen LogP contribution < -0.4 is 0 Å². The van der Waals surface area contributed by atoms with Crippen LogP contribution in [0, 0.1) is 5.92 Å². The van der Waals surface area contributed by atoms with Crippen molar-refractivity contribution in [2.24, 2.45) is 5.92 Å². The maximum absolute atomic E-state index is 12.6. The summed E-state index contributed by atoms with van der Waals surface area (Å²) in [5.74, 6) is 0.307. The van der Waals surface area contributed by atoms with Gasteiger partial charge in [-0.05, 0) is 33.6 Å². The number of ether oxygens (including phenoxy) is 1. The minimum absolute atomic E-state index is 0.0269. The van der Waals surface area contributed by atoms with Crippen LogP contribution in [0.15, 0.2) is 0 Å². The molecule has 5 nitrogen and oxygen atoms in total. The molecule has 0 N–H and O–H groups in total. The Balaban J connectivity index is 2.00. The zero-order valence-electron chi connectivity index (χ0n) is 12.3. The smallest absolute Gasteiger partial charge is 0.228 e. The average molecular weight is 268 g/mol. The SMILES string of the molecule is CC(=O)N1CCC(C(=O)N2C(C)OCC2(C)C)CC1. The molecule has 0 radical (unpaired) electrons. The van der Waals surface area contributed by atoms with Crippen molar-refractivity contribution in [3.8, 4) is 0 Å². The Morgan fingerprint density at radius 3 is 2.21 bits per heavy atom. The van der Waals surface area contributed by atoms with Gasteiger partial charge >= 0.3 is 0 Å². The summed E-state index contributed by atoms with van der Waals surface area (Å²) >= 11 is 0. The molecule has 2 fully saturated rings. The fourth-order valence-corrected chi connectivity index (χ4v) is 3.08. The molecule has 0 aromatic heterocycles. The Kier molecular flexibility index (Phi) is 3.85. The number of rotatable bonds is 1. The third kappa shape index (κ3) is 2.76. The van der Waals surface area contributed by atoms with E-state index in [4.69, 9.17) is 4.74 Å². The first-order valence-electron chi connectivity index (χ1n) is 7.03. The van der Waals surface area contributed by atoms with E-state index in [0.717, 1.165) is 12.8 Å². The van der Waals surface area contributed by atoms with Gasteiger partial charge in [0.05, 0.1) is 12.1 Å². The molecule has 1 unspecified atom stereocenters. The second kappa shape index (κ2) is 5.12. The quantitative estimate of drug-likeness (QED) is 0.718. The molecule has 2 heterocycles. The van der Waals surface area contributed by atoms with Crippen LogP contribution in [0.4, 0.5) is 0 Å². The van der Waals surface area contributed by atoms with E-state index >= 15 is 0 Å². The Morgan fingerprint density at radius 1 is 1.21 bits per heavy atom. The third-order valence-corrected chi connectivity index (χ3v) is 4.22. The van der Waals surface area contributed by atoms with Gasteiger partial charge in [0.1, 0.15) is 6.23 Å². The highest BCUT2D eigenvalue weighted by atomic mass is 16.5. The van der Waals surface area contributed by atoms with Gasteiger partial charge in [0.25, 0.3) is 0 Å². The van der Waals surface area contributed by atoms with Crippen molar-refractivity contribution in [3.63, 3.8) is 0 Å². The van der Waals surface area contributed by atoms with Gasteiger partial charge in [-0.25, -0.2) is 0 Å². The number of carbonyl (C=O) groups excluding carboxylic acids is 2. The van der Waals surface area contributed by atoms with Gasteiger partial charge < -0.3 is 14.5 Å². The van der Waals surface area contributed by atoms with Crippen LogP contribution in [0.5, 0.6) is 0 Å². The van der Waals surface area contributed by atoms with Crippen LogP contribution in [0.3, 0.4) is 0 Å². The lowest BCUT2D eigenvalue weighted by atomic mass is 9.93. The van der Waals surface area contributed by atoms with E-state index in [0.29, 0.717) is 19.7 Å². The number of likely N-dealkylation sites (tertiary alicyclic amines) is 1. The molecule has 2 rings (SSSR count). The maximum atomic E-state index is 12.6. The number of piperidine rings is 1. The highest BCUT2D eigenvalue weighted by Gasteiger charge is 2.44. The van der Waals surface area contributed by atoms with E-state index in [1.54, 1.807) is 6.92 Å². The van der Waals surface area contributed by atoms with Gasteiger partial charge in [0, 0.05) is 25.9 Å². The summed E-state index contributed by atoms with van der Waals surface area (Å²) in [5.41, 5.74) is -0.228. The normalized spacial score (nSPS) is 27.7. The predicted octanol–water partition coefficient (Wildman–Crippen LogP) is 1.23. The van der Waals surface area contributed by atoms with Gasteiger partial charge in [0.15, 0.2) is 0 Å². The molecule has 2 aliphatic rings. The monoisotopic (exact) mass is 268 g/mol. The highest BCUT2D eigenvalue weighted by Crippen LogP contribution is 2.31. The first kappa shape index (κ1) is 14.3. The van der Waals surface area contributed by atoms with Crippen LogP contribution in [-0.2, 0) is 14.3 Å². The largest absolute Gasteiger partial charge is 0.356 e. The van der Waals surface area contributed by atoms with Crippen LogP contribution in [0.2, 0.25) is 0 Å². The highest BCUT2D eigenvalue weighted by molar-refractivity contribution is 5.81. The Hall–Kier alpha value is -1.10. The minimum atomic E-state index is -0.228. The van der Waals surface area contributed by atoms with Crippen LogP contribution in [-0.4, -0.2) is 53.1 Å². The summed E-state index contributed by atoms with van der Waals surface area (Å²) < 4.78 is 5.59. The van der Waals surface area contributed by atoms with Crippen molar-refractivity contribution >= 4 is 11.8 Å². The Labute approximate surface area is 114 Å².